The standard InChI is InChI=1S/C33H38N2O9S/c1-8-40-25-15-21(11-13-24(25)44-19(4)5)16-27-31(37)35-30(29(32(38)42-10-3)20(6)34-33(35)45-27)22-12-14-23(26(17-22)41-9-2)43-18-28(36)39-7/h11-17,19,30H,8-10,18H2,1-7H3/b27-16+/t30-/m1/s1. The van der Waals surface area contributed by atoms with Gasteiger partial charge < -0.3 is 28.4 Å². The molecule has 12 heteroatoms. The first-order chi connectivity index (χ1) is 21.6. The molecule has 1 aliphatic heterocycles. The van der Waals surface area contributed by atoms with Crippen molar-refractivity contribution in [1.82, 2.24) is 4.57 Å². The number of hydrogen-bond acceptors (Lipinski definition) is 11. The molecule has 0 spiro atoms. The number of rotatable bonds is 13. The number of ether oxygens (including phenoxy) is 6. The lowest BCUT2D eigenvalue weighted by atomic mass is 9.95. The van der Waals surface area contributed by atoms with Crippen LogP contribution in [0.15, 0.2) is 57.5 Å². The van der Waals surface area contributed by atoms with Crippen LogP contribution in [0.1, 0.15) is 58.7 Å². The van der Waals surface area contributed by atoms with Gasteiger partial charge in [0.15, 0.2) is 34.4 Å². The van der Waals surface area contributed by atoms with E-state index in [1.54, 1.807) is 38.1 Å². The topological polar surface area (TPSA) is 124 Å². The van der Waals surface area contributed by atoms with E-state index in [1.807, 2.05) is 45.9 Å². The number of methoxy groups -OCH3 is 1. The number of thiazole rings is 1. The number of carbonyl (C=O) groups is 2. The first kappa shape index (κ1) is 33.3. The van der Waals surface area contributed by atoms with Crippen molar-refractivity contribution in [2.75, 3.05) is 33.5 Å². The molecular formula is C33H38N2O9S. The highest BCUT2D eigenvalue weighted by Gasteiger charge is 2.34. The second-order valence-electron chi connectivity index (χ2n) is 10.1. The Morgan fingerprint density at radius 3 is 2.29 bits per heavy atom. The third-order valence-corrected chi connectivity index (χ3v) is 7.58. The van der Waals surface area contributed by atoms with Crippen LogP contribution in [0.25, 0.3) is 6.08 Å². The Balaban J connectivity index is 1.87. The molecule has 2 aromatic carbocycles. The first-order valence-electron chi connectivity index (χ1n) is 14.7. The molecule has 1 aliphatic rings. The molecule has 4 rings (SSSR count). The van der Waals surface area contributed by atoms with Gasteiger partial charge in [0.1, 0.15) is 0 Å². The summed E-state index contributed by atoms with van der Waals surface area (Å²) in [5, 5.41) is 0. The Kier molecular flexibility index (Phi) is 11.1. The Morgan fingerprint density at radius 2 is 1.64 bits per heavy atom. The average Bonchev–Trinajstić information content (AvgIpc) is 3.30. The highest BCUT2D eigenvalue weighted by Crippen LogP contribution is 2.36. The number of hydrogen-bond donors (Lipinski definition) is 0. The maximum Gasteiger partial charge on any atom is 0.343 e. The van der Waals surface area contributed by atoms with Gasteiger partial charge in [0.05, 0.1) is 54.9 Å². The average molecular weight is 639 g/mol. The molecule has 2 heterocycles. The summed E-state index contributed by atoms with van der Waals surface area (Å²) in [4.78, 5) is 44.2. The van der Waals surface area contributed by atoms with E-state index < -0.39 is 18.0 Å². The van der Waals surface area contributed by atoms with Crippen LogP contribution in [-0.4, -0.2) is 56.1 Å². The molecule has 45 heavy (non-hydrogen) atoms. The third kappa shape index (κ3) is 7.56. The van der Waals surface area contributed by atoms with Crippen molar-refractivity contribution in [2.24, 2.45) is 4.99 Å². The lowest BCUT2D eigenvalue weighted by molar-refractivity contribution is -0.143. The summed E-state index contributed by atoms with van der Waals surface area (Å²) in [6, 6.07) is 9.68. The van der Waals surface area contributed by atoms with Crippen LogP contribution in [0, 0.1) is 0 Å². The van der Waals surface area contributed by atoms with Gasteiger partial charge in [-0.2, -0.15) is 0 Å². The van der Waals surface area contributed by atoms with Gasteiger partial charge in [-0.05, 0) is 83.0 Å². The molecule has 0 bridgehead atoms. The summed E-state index contributed by atoms with van der Waals surface area (Å²) in [5.41, 5.74) is 1.65. The lowest BCUT2D eigenvalue weighted by Crippen LogP contribution is -2.40. The minimum absolute atomic E-state index is 0.0349. The highest BCUT2D eigenvalue weighted by atomic mass is 32.1. The van der Waals surface area contributed by atoms with E-state index in [0.717, 1.165) is 5.56 Å². The van der Waals surface area contributed by atoms with Crippen LogP contribution in [-0.2, 0) is 19.1 Å². The smallest absolute Gasteiger partial charge is 0.343 e. The van der Waals surface area contributed by atoms with E-state index in [0.29, 0.717) is 56.8 Å². The summed E-state index contributed by atoms with van der Waals surface area (Å²) < 4.78 is 35.1. The normalized spacial score (nSPS) is 14.5. The molecule has 0 aliphatic carbocycles. The van der Waals surface area contributed by atoms with E-state index >= 15 is 0 Å². The molecule has 0 fully saturated rings. The van der Waals surface area contributed by atoms with Crippen LogP contribution < -0.4 is 33.8 Å². The number of benzene rings is 2. The molecule has 0 radical (unpaired) electrons. The Morgan fingerprint density at radius 1 is 0.956 bits per heavy atom. The van der Waals surface area contributed by atoms with Crippen molar-refractivity contribution in [3.63, 3.8) is 0 Å². The van der Waals surface area contributed by atoms with Gasteiger partial charge in [-0.1, -0.05) is 23.5 Å². The van der Waals surface area contributed by atoms with Crippen molar-refractivity contribution >= 4 is 29.4 Å². The summed E-state index contributed by atoms with van der Waals surface area (Å²) in [6.45, 7) is 11.6. The predicted molar refractivity (Wildman–Crippen MR) is 169 cm³/mol. The van der Waals surface area contributed by atoms with E-state index in [1.165, 1.54) is 23.0 Å². The molecule has 0 saturated carbocycles. The minimum Gasteiger partial charge on any atom is -0.490 e. The van der Waals surface area contributed by atoms with Crippen LogP contribution in [0.2, 0.25) is 0 Å². The number of allylic oxidation sites excluding steroid dienone is 1. The molecule has 11 nitrogen and oxygen atoms in total. The zero-order valence-electron chi connectivity index (χ0n) is 26.5. The SMILES string of the molecule is CCOC(=O)C1=C(C)N=c2s/c(=C/c3ccc(OC(C)C)c(OCC)c3)c(=O)n2[C@@H]1c1ccc(OCC(=O)OC)c(OCC)c1. The number of nitrogens with zero attached hydrogens (tertiary/aromatic N) is 2. The van der Waals surface area contributed by atoms with Crippen molar-refractivity contribution in [1.29, 1.82) is 0 Å². The number of carbonyl (C=O) groups excluding carboxylic acids is 2. The fraction of sp³-hybridized carbons (Fsp3) is 0.394. The fourth-order valence-corrected chi connectivity index (χ4v) is 5.82. The fourth-order valence-electron chi connectivity index (χ4n) is 4.77. The molecule has 240 valence electrons. The Labute approximate surface area is 265 Å². The van der Waals surface area contributed by atoms with E-state index in [4.69, 9.17) is 23.7 Å². The van der Waals surface area contributed by atoms with Crippen LogP contribution in [0.3, 0.4) is 0 Å². The molecule has 0 amide bonds. The van der Waals surface area contributed by atoms with Gasteiger partial charge in [-0.3, -0.25) is 9.36 Å². The van der Waals surface area contributed by atoms with Gasteiger partial charge in [0.2, 0.25) is 0 Å². The predicted octanol–water partition coefficient (Wildman–Crippen LogP) is 3.93. The van der Waals surface area contributed by atoms with Gasteiger partial charge in [0, 0.05) is 0 Å². The van der Waals surface area contributed by atoms with Crippen LogP contribution in [0.5, 0.6) is 23.0 Å². The number of esters is 2. The number of fused-ring (bicyclic) bond motifs is 1. The molecular weight excluding hydrogens is 600 g/mol. The van der Waals surface area contributed by atoms with Gasteiger partial charge >= 0.3 is 11.9 Å². The largest absolute Gasteiger partial charge is 0.490 e. The molecule has 0 saturated heterocycles. The maximum atomic E-state index is 14.1. The first-order valence-corrected chi connectivity index (χ1v) is 15.5. The van der Waals surface area contributed by atoms with Crippen molar-refractivity contribution in [3.05, 3.63) is 78.5 Å². The van der Waals surface area contributed by atoms with Gasteiger partial charge in [0.25, 0.3) is 5.56 Å². The molecule has 3 aromatic rings. The summed E-state index contributed by atoms with van der Waals surface area (Å²) in [7, 11) is 1.27. The van der Waals surface area contributed by atoms with Gasteiger partial charge in [-0.15, -0.1) is 0 Å². The van der Waals surface area contributed by atoms with Crippen LogP contribution >= 0.6 is 11.3 Å². The monoisotopic (exact) mass is 638 g/mol. The minimum atomic E-state index is -0.864. The zero-order valence-corrected chi connectivity index (χ0v) is 27.3. The summed E-state index contributed by atoms with van der Waals surface area (Å²) in [6.07, 6.45) is 1.73. The maximum absolute atomic E-state index is 14.1. The van der Waals surface area contributed by atoms with Crippen molar-refractivity contribution in [3.8, 4) is 23.0 Å². The number of aromatic nitrogens is 1. The quantitative estimate of drug-likeness (QED) is 0.256. The molecule has 0 unspecified atom stereocenters. The molecule has 1 aromatic heterocycles. The van der Waals surface area contributed by atoms with E-state index in [9.17, 15) is 14.4 Å². The molecule has 0 N–H and O–H groups in total. The Bertz CT molecular complexity index is 1770. The second-order valence-corrected chi connectivity index (χ2v) is 11.1. The molecule has 1 atom stereocenters. The van der Waals surface area contributed by atoms with Crippen molar-refractivity contribution < 1.29 is 38.0 Å². The second kappa shape index (κ2) is 14.9. The van der Waals surface area contributed by atoms with Crippen LogP contribution in [0.4, 0.5) is 0 Å². The summed E-state index contributed by atoms with van der Waals surface area (Å²) in [5.74, 6) is 0.711. The highest BCUT2D eigenvalue weighted by molar-refractivity contribution is 7.07. The summed E-state index contributed by atoms with van der Waals surface area (Å²) >= 11 is 1.21. The van der Waals surface area contributed by atoms with Crippen molar-refractivity contribution in [2.45, 2.75) is 53.7 Å². The zero-order chi connectivity index (χ0) is 32.7. The van der Waals surface area contributed by atoms with E-state index in [-0.39, 0.29) is 30.5 Å². The Hall–Kier alpha value is -4.58. The lowest BCUT2D eigenvalue weighted by Gasteiger charge is -2.25. The van der Waals surface area contributed by atoms with E-state index in [2.05, 4.69) is 9.73 Å². The third-order valence-electron chi connectivity index (χ3n) is 6.60. The van der Waals surface area contributed by atoms with Gasteiger partial charge in [-0.25, -0.2) is 14.6 Å².